The van der Waals surface area contributed by atoms with Gasteiger partial charge in [-0.25, -0.2) is 8.42 Å². The van der Waals surface area contributed by atoms with Gasteiger partial charge in [-0.15, -0.1) is 0 Å². The molecule has 1 aromatic heterocycles. The van der Waals surface area contributed by atoms with Gasteiger partial charge in [-0.1, -0.05) is 12.1 Å². The first-order valence-corrected chi connectivity index (χ1v) is 11.0. The van der Waals surface area contributed by atoms with Crippen LogP contribution in [0.2, 0.25) is 0 Å². The summed E-state index contributed by atoms with van der Waals surface area (Å²) < 4.78 is 37.7. The van der Waals surface area contributed by atoms with Gasteiger partial charge in [-0.05, 0) is 38.4 Å². The number of benzene rings is 1. The third kappa shape index (κ3) is 5.31. The number of nitrogens with zero attached hydrogens (tertiary/aromatic N) is 2. The summed E-state index contributed by atoms with van der Waals surface area (Å²) in [4.78, 5) is 14.7. The molecule has 0 aliphatic carbocycles. The highest BCUT2D eigenvalue weighted by atomic mass is 32.2. The minimum Gasteiger partial charge on any atom is -0.468 e. The molecule has 1 fully saturated rings. The maximum absolute atomic E-state index is 12.8. The number of Topliss-reactive ketones (excluding diaryl/α,β-unsaturated/α-hetero) is 1. The van der Waals surface area contributed by atoms with Crippen LogP contribution in [0, 0.1) is 0 Å². The van der Waals surface area contributed by atoms with E-state index in [0.717, 1.165) is 5.76 Å². The molecule has 2 aromatic rings. The number of carbonyl (C=O) groups is 1. The number of rotatable bonds is 9. The fourth-order valence-electron chi connectivity index (χ4n) is 3.21. The number of morpholine rings is 1. The zero-order chi connectivity index (χ0) is 20.9. The zero-order valence-electron chi connectivity index (χ0n) is 16.7. The lowest BCUT2D eigenvalue weighted by atomic mass is 10.1. The minimum absolute atomic E-state index is 0.00849. The van der Waals surface area contributed by atoms with Crippen molar-refractivity contribution in [3.05, 3.63) is 54.0 Å². The molecule has 8 nitrogen and oxygen atoms in total. The molecule has 2 heterocycles. The lowest BCUT2D eigenvalue weighted by molar-refractivity contribution is 0.0730. The van der Waals surface area contributed by atoms with E-state index in [2.05, 4.69) is 5.32 Å². The normalized spacial score (nSPS) is 16.8. The van der Waals surface area contributed by atoms with Crippen molar-refractivity contribution in [1.82, 2.24) is 14.5 Å². The van der Waals surface area contributed by atoms with Gasteiger partial charge in [0, 0.05) is 25.2 Å². The van der Waals surface area contributed by atoms with Crippen LogP contribution >= 0.6 is 0 Å². The number of likely N-dealkylation sites (N-methyl/N-ethyl adjacent to an activating group) is 1. The summed E-state index contributed by atoms with van der Waals surface area (Å²) >= 11 is 0. The maximum Gasteiger partial charge on any atom is 0.243 e. The summed E-state index contributed by atoms with van der Waals surface area (Å²) in [6.07, 6.45) is 1.62. The summed E-state index contributed by atoms with van der Waals surface area (Å²) in [6.45, 7) is 2.03. The number of ether oxygens (including phenoxy) is 1. The van der Waals surface area contributed by atoms with Crippen molar-refractivity contribution in [3.8, 4) is 0 Å². The molecule has 0 spiro atoms. The van der Waals surface area contributed by atoms with E-state index >= 15 is 0 Å². The van der Waals surface area contributed by atoms with Gasteiger partial charge >= 0.3 is 0 Å². The van der Waals surface area contributed by atoms with Crippen molar-refractivity contribution in [2.45, 2.75) is 10.9 Å². The topological polar surface area (TPSA) is 92.1 Å². The van der Waals surface area contributed by atoms with E-state index in [9.17, 15) is 13.2 Å². The van der Waals surface area contributed by atoms with Gasteiger partial charge in [0.15, 0.2) is 5.78 Å². The first-order valence-electron chi connectivity index (χ1n) is 9.51. The molecule has 1 unspecified atom stereocenters. The summed E-state index contributed by atoms with van der Waals surface area (Å²) in [5.41, 5.74) is 0.367. The van der Waals surface area contributed by atoms with E-state index < -0.39 is 10.0 Å². The summed E-state index contributed by atoms with van der Waals surface area (Å²) in [6, 6.07) is 9.93. The number of carbonyl (C=O) groups excluding carboxylic acids is 1. The van der Waals surface area contributed by atoms with Gasteiger partial charge in [0.1, 0.15) is 5.76 Å². The van der Waals surface area contributed by atoms with Crippen LogP contribution in [-0.4, -0.2) is 76.9 Å². The molecule has 0 bridgehead atoms. The van der Waals surface area contributed by atoms with Crippen molar-refractivity contribution < 1.29 is 22.4 Å². The smallest absolute Gasteiger partial charge is 0.243 e. The largest absolute Gasteiger partial charge is 0.468 e. The molecule has 29 heavy (non-hydrogen) atoms. The predicted octanol–water partition coefficient (Wildman–Crippen LogP) is 1.38. The summed E-state index contributed by atoms with van der Waals surface area (Å²) in [5.74, 6) is 0.648. The van der Waals surface area contributed by atoms with Crippen molar-refractivity contribution in [2.75, 3.05) is 53.5 Å². The van der Waals surface area contributed by atoms with Crippen LogP contribution in [0.25, 0.3) is 0 Å². The van der Waals surface area contributed by atoms with Gasteiger partial charge in [-0.2, -0.15) is 4.31 Å². The van der Waals surface area contributed by atoms with Crippen molar-refractivity contribution >= 4 is 15.8 Å². The first kappa shape index (κ1) is 21.7. The van der Waals surface area contributed by atoms with Crippen LogP contribution in [0.5, 0.6) is 0 Å². The lowest BCUT2D eigenvalue weighted by Gasteiger charge is -2.26. The second-order valence-electron chi connectivity index (χ2n) is 7.09. The number of sulfonamides is 1. The Morgan fingerprint density at radius 2 is 1.97 bits per heavy atom. The fraction of sp³-hybridized carbons (Fsp3) is 0.450. The van der Waals surface area contributed by atoms with Crippen molar-refractivity contribution in [2.24, 2.45) is 0 Å². The average molecular weight is 422 g/mol. The Hall–Kier alpha value is -2.04. The molecule has 0 amide bonds. The number of ketones is 1. The molecule has 9 heteroatoms. The predicted molar refractivity (Wildman–Crippen MR) is 108 cm³/mol. The van der Waals surface area contributed by atoms with Gasteiger partial charge < -0.3 is 14.5 Å². The Bertz CT molecular complexity index is 906. The molecule has 0 radical (unpaired) electrons. The number of furan rings is 1. The van der Waals surface area contributed by atoms with Gasteiger partial charge in [0.2, 0.25) is 10.0 Å². The van der Waals surface area contributed by atoms with Crippen LogP contribution in [-0.2, 0) is 14.8 Å². The van der Waals surface area contributed by atoms with Crippen LogP contribution in [0.1, 0.15) is 22.2 Å². The lowest BCUT2D eigenvalue weighted by Crippen LogP contribution is -2.40. The Morgan fingerprint density at radius 1 is 1.21 bits per heavy atom. The second-order valence-corrected chi connectivity index (χ2v) is 9.03. The van der Waals surface area contributed by atoms with E-state index in [1.165, 1.54) is 16.4 Å². The van der Waals surface area contributed by atoms with Gasteiger partial charge in [0.05, 0.1) is 37.0 Å². The van der Waals surface area contributed by atoms with Crippen LogP contribution < -0.4 is 5.32 Å². The Balaban J connectivity index is 1.63. The molecule has 158 valence electrons. The Labute approximate surface area is 171 Å². The Kier molecular flexibility index (Phi) is 7.20. The molecule has 3 rings (SSSR count). The van der Waals surface area contributed by atoms with E-state index in [4.69, 9.17) is 9.15 Å². The SMILES string of the molecule is CN(C)C(CNCC(=O)c1cccc(S(=O)(=O)N2CCOCC2)c1)c1ccco1. The van der Waals surface area contributed by atoms with Crippen LogP contribution in [0.15, 0.2) is 52.0 Å². The molecule has 1 aliphatic heterocycles. The molecule has 1 aromatic carbocycles. The number of hydrogen-bond acceptors (Lipinski definition) is 7. The van der Waals surface area contributed by atoms with E-state index in [1.807, 2.05) is 31.1 Å². The maximum atomic E-state index is 12.8. The first-order chi connectivity index (χ1) is 13.9. The number of hydrogen-bond donors (Lipinski definition) is 1. The Morgan fingerprint density at radius 3 is 2.62 bits per heavy atom. The highest BCUT2D eigenvalue weighted by molar-refractivity contribution is 7.89. The average Bonchev–Trinajstić information content (AvgIpc) is 3.26. The number of nitrogens with one attached hydrogen (secondary N) is 1. The standard InChI is InChI=1S/C20H27N3O5S/c1-22(2)18(20-7-4-10-28-20)14-21-15-19(24)16-5-3-6-17(13-16)29(25,26)23-8-11-27-12-9-23/h3-7,10,13,18,21H,8-9,11-12,14-15H2,1-2H3. The van der Waals surface area contributed by atoms with Gasteiger partial charge in [0.25, 0.3) is 0 Å². The van der Waals surface area contributed by atoms with E-state index in [-0.39, 0.29) is 23.3 Å². The molecule has 1 atom stereocenters. The highest BCUT2D eigenvalue weighted by Crippen LogP contribution is 2.19. The molecule has 1 N–H and O–H groups in total. The summed E-state index contributed by atoms with van der Waals surface area (Å²) in [7, 11) is 0.251. The monoisotopic (exact) mass is 421 g/mol. The van der Waals surface area contributed by atoms with Gasteiger partial charge in [-0.3, -0.25) is 9.69 Å². The van der Waals surface area contributed by atoms with E-state index in [0.29, 0.717) is 38.4 Å². The zero-order valence-corrected chi connectivity index (χ0v) is 17.5. The third-order valence-corrected chi connectivity index (χ3v) is 6.78. The molecule has 0 saturated carbocycles. The van der Waals surface area contributed by atoms with Crippen molar-refractivity contribution in [3.63, 3.8) is 0 Å². The molecule has 1 aliphatic rings. The van der Waals surface area contributed by atoms with E-state index in [1.54, 1.807) is 18.4 Å². The quantitative estimate of drug-likeness (QED) is 0.612. The van der Waals surface area contributed by atoms with Crippen molar-refractivity contribution in [1.29, 1.82) is 0 Å². The molecular weight excluding hydrogens is 394 g/mol. The fourth-order valence-corrected chi connectivity index (χ4v) is 4.66. The summed E-state index contributed by atoms with van der Waals surface area (Å²) in [5, 5.41) is 3.15. The minimum atomic E-state index is -3.63. The van der Waals surface area contributed by atoms with Crippen LogP contribution in [0.3, 0.4) is 0 Å². The molecular formula is C20H27N3O5S. The van der Waals surface area contributed by atoms with Crippen LogP contribution in [0.4, 0.5) is 0 Å². The highest BCUT2D eigenvalue weighted by Gasteiger charge is 2.27. The molecule has 1 saturated heterocycles. The second kappa shape index (κ2) is 9.64. The third-order valence-electron chi connectivity index (χ3n) is 4.88.